The lowest BCUT2D eigenvalue weighted by atomic mass is 9.48. The van der Waals surface area contributed by atoms with Crippen molar-refractivity contribution in [2.75, 3.05) is 6.61 Å². The number of benzene rings is 1. The number of hydrogen-bond acceptors (Lipinski definition) is 5. The van der Waals surface area contributed by atoms with E-state index in [2.05, 4.69) is 34.5 Å². The number of carbonyl (C=O) groups excluding carboxylic acids is 2. The standard InChI is InChI=1S/C29H36N2O4/c1-18(32)35-25-8-6-23(7-9-25)22-2-4-24(5-3-22)26-13-28(31-30-26)34-17-27(33)29-14-19-10-20(15-29)12-21(11-19)16-29/h2-5,13,19-21,23,25H,6-12,14-17H2,1H3,(H,30,31). The Morgan fingerprint density at radius 2 is 1.60 bits per heavy atom. The van der Waals surface area contributed by atoms with Crippen LogP contribution in [0.15, 0.2) is 30.3 Å². The molecule has 1 N–H and O–H groups in total. The molecule has 5 aliphatic carbocycles. The zero-order valence-electron chi connectivity index (χ0n) is 20.6. The quantitative estimate of drug-likeness (QED) is 0.509. The van der Waals surface area contributed by atoms with Gasteiger partial charge >= 0.3 is 5.97 Å². The lowest BCUT2D eigenvalue weighted by Gasteiger charge is -2.55. The summed E-state index contributed by atoms with van der Waals surface area (Å²) < 4.78 is 11.3. The van der Waals surface area contributed by atoms with Crippen LogP contribution in [0.3, 0.4) is 0 Å². The van der Waals surface area contributed by atoms with Crippen LogP contribution in [0.1, 0.15) is 82.6 Å². The Kier molecular flexibility index (Phi) is 5.93. The van der Waals surface area contributed by atoms with Crippen molar-refractivity contribution in [2.24, 2.45) is 23.2 Å². The van der Waals surface area contributed by atoms with E-state index in [0.29, 0.717) is 11.8 Å². The van der Waals surface area contributed by atoms with E-state index in [1.165, 1.54) is 31.7 Å². The zero-order valence-corrected chi connectivity index (χ0v) is 20.6. The summed E-state index contributed by atoms with van der Waals surface area (Å²) in [6.07, 6.45) is 11.2. The first-order chi connectivity index (χ1) is 17.0. The third-order valence-corrected chi connectivity index (χ3v) is 9.24. The Morgan fingerprint density at radius 1 is 0.971 bits per heavy atom. The summed E-state index contributed by atoms with van der Waals surface area (Å²) in [7, 11) is 0. The summed E-state index contributed by atoms with van der Waals surface area (Å²) in [5.74, 6) is 3.38. The van der Waals surface area contributed by atoms with Gasteiger partial charge in [0, 0.05) is 18.4 Å². The molecule has 7 rings (SSSR count). The van der Waals surface area contributed by atoms with Crippen LogP contribution < -0.4 is 4.74 Å². The van der Waals surface area contributed by atoms with E-state index in [-0.39, 0.29) is 29.9 Å². The van der Waals surface area contributed by atoms with Crippen molar-refractivity contribution in [2.45, 2.75) is 83.2 Å². The zero-order chi connectivity index (χ0) is 24.0. The number of nitrogens with one attached hydrogen (secondary N) is 1. The second-order valence-corrected chi connectivity index (χ2v) is 11.7. The van der Waals surface area contributed by atoms with E-state index in [0.717, 1.165) is 74.0 Å². The van der Waals surface area contributed by atoms with E-state index >= 15 is 0 Å². The Labute approximate surface area is 207 Å². The fourth-order valence-electron chi connectivity index (χ4n) is 7.95. The smallest absolute Gasteiger partial charge is 0.302 e. The van der Waals surface area contributed by atoms with E-state index in [4.69, 9.17) is 9.47 Å². The highest BCUT2D eigenvalue weighted by Crippen LogP contribution is 2.60. The summed E-state index contributed by atoms with van der Waals surface area (Å²) in [5.41, 5.74) is 3.15. The third-order valence-electron chi connectivity index (χ3n) is 9.24. The minimum atomic E-state index is -0.183. The normalized spacial score (nSPS) is 33.5. The number of esters is 1. The number of aromatic nitrogens is 2. The summed E-state index contributed by atoms with van der Waals surface area (Å²) in [6.45, 7) is 1.61. The highest BCUT2D eigenvalue weighted by molar-refractivity contribution is 5.86. The highest BCUT2D eigenvalue weighted by Gasteiger charge is 2.54. The molecule has 5 aliphatic rings. The monoisotopic (exact) mass is 476 g/mol. The van der Waals surface area contributed by atoms with Gasteiger partial charge in [0.1, 0.15) is 12.7 Å². The van der Waals surface area contributed by atoms with Gasteiger partial charge in [0.05, 0.1) is 5.69 Å². The summed E-state index contributed by atoms with van der Waals surface area (Å²) in [6, 6.07) is 10.5. The van der Waals surface area contributed by atoms with Gasteiger partial charge in [-0.15, -0.1) is 5.10 Å². The molecule has 0 spiro atoms. The van der Waals surface area contributed by atoms with Crippen LogP contribution in [-0.2, 0) is 14.3 Å². The van der Waals surface area contributed by atoms with Gasteiger partial charge < -0.3 is 9.47 Å². The maximum absolute atomic E-state index is 13.2. The Hall–Kier alpha value is -2.63. The molecular weight excluding hydrogens is 440 g/mol. The van der Waals surface area contributed by atoms with Crippen molar-refractivity contribution >= 4 is 11.8 Å². The molecule has 0 atom stereocenters. The first kappa shape index (κ1) is 22.8. The molecule has 0 aliphatic heterocycles. The molecule has 1 aromatic heterocycles. The van der Waals surface area contributed by atoms with Gasteiger partial charge in [-0.25, -0.2) is 0 Å². The van der Waals surface area contributed by atoms with E-state index in [1.54, 1.807) is 0 Å². The molecule has 6 nitrogen and oxygen atoms in total. The number of ether oxygens (including phenoxy) is 2. The lowest BCUT2D eigenvalue weighted by molar-refractivity contribution is -0.148. The number of aromatic amines is 1. The van der Waals surface area contributed by atoms with Crippen molar-refractivity contribution in [3.8, 4) is 17.1 Å². The summed E-state index contributed by atoms with van der Waals surface area (Å²) in [4.78, 5) is 24.4. The van der Waals surface area contributed by atoms with Crippen LogP contribution in [0.5, 0.6) is 5.88 Å². The Balaban J connectivity index is 1.04. The van der Waals surface area contributed by atoms with E-state index in [1.807, 2.05) is 6.07 Å². The molecule has 5 fully saturated rings. The molecule has 6 heteroatoms. The summed E-state index contributed by atoms with van der Waals surface area (Å²) in [5, 5.41) is 7.38. The summed E-state index contributed by atoms with van der Waals surface area (Å²) >= 11 is 0. The number of nitrogens with zero attached hydrogens (tertiary/aromatic N) is 1. The van der Waals surface area contributed by atoms with E-state index < -0.39 is 0 Å². The minimum absolute atomic E-state index is 0.0706. The van der Waals surface area contributed by atoms with Crippen LogP contribution in [0.2, 0.25) is 0 Å². The van der Waals surface area contributed by atoms with Gasteiger partial charge in [0.2, 0.25) is 5.88 Å². The van der Waals surface area contributed by atoms with Crippen LogP contribution in [0.25, 0.3) is 11.3 Å². The number of rotatable bonds is 7. The largest absolute Gasteiger partial charge is 0.469 e. The van der Waals surface area contributed by atoms with E-state index in [9.17, 15) is 9.59 Å². The first-order valence-electron chi connectivity index (χ1n) is 13.4. The van der Waals surface area contributed by atoms with Crippen molar-refractivity contribution in [1.29, 1.82) is 0 Å². The molecule has 35 heavy (non-hydrogen) atoms. The average Bonchev–Trinajstić information content (AvgIpc) is 3.31. The second-order valence-electron chi connectivity index (χ2n) is 11.7. The van der Waals surface area contributed by atoms with Crippen LogP contribution in [0.4, 0.5) is 0 Å². The maximum atomic E-state index is 13.2. The molecular formula is C29H36N2O4. The number of hydrogen-bond donors (Lipinski definition) is 1. The van der Waals surface area contributed by atoms with Crippen LogP contribution in [-0.4, -0.2) is 34.7 Å². The van der Waals surface area contributed by atoms with Gasteiger partial charge in [-0.3, -0.25) is 14.7 Å². The van der Waals surface area contributed by atoms with Crippen molar-refractivity contribution in [3.05, 3.63) is 35.9 Å². The van der Waals surface area contributed by atoms with Gasteiger partial charge in [-0.2, -0.15) is 0 Å². The topological polar surface area (TPSA) is 81.3 Å². The van der Waals surface area contributed by atoms with Crippen LogP contribution in [0, 0.1) is 23.2 Å². The van der Waals surface area contributed by atoms with Gasteiger partial charge in [-0.1, -0.05) is 24.3 Å². The molecule has 2 aromatic rings. The average molecular weight is 477 g/mol. The maximum Gasteiger partial charge on any atom is 0.302 e. The molecule has 1 heterocycles. The van der Waals surface area contributed by atoms with Crippen LogP contribution >= 0.6 is 0 Å². The predicted octanol–water partition coefficient (Wildman–Crippen LogP) is 5.83. The minimum Gasteiger partial charge on any atom is -0.469 e. The SMILES string of the molecule is CC(=O)OC1CCC(c2ccc(-c3cc(OCC(=O)C45CC6CC(CC(C6)C4)C5)n[nH]3)cc2)CC1. The Bertz CT molecular complexity index is 1050. The predicted molar refractivity (Wildman–Crippen MR) is 132 cm³/mol. The van der Waals surface area contributed by atoms with Gasteiger partial charge in [-0.05, 0) is 99.0 Å². The molecule has 0 unspecified atom stereocenters. The number of Topliss-reactive ketones (excluding diaryl/α,β-unsaturated/α-hetero) is 1. The molecule has 0 amide bonds. The van der Waals surface area contributed by atoms with Crippen molar-refractivity contribution in [1.82, 2.24) is 10.2 Å². The third kappa shape index (κ3) is 4.64. The molecule has 5 saturated carbocycles. The van der Waals surface area contributed by atoms with Crippen molar-refractivity contribution in [3.63, 3.8) is 0 Å². The lowest BCUT2D eigenvalue weighted by Crippen LogP contribution is -2.51. The molecule has 0 saturated heterocycles. The van der Waals surface area contributed by atoms with Gasteiger partial charge in [0.25, 0.3) is 0 Å². The molecule has 1 aromatic carbocycles. The fourth-order valence-corrected chi connectivity index (χ4v) is 7.95. The number of ketones is 1. The number of carbonyl (C=O) groups is 2. The second kappa shape index (κ2) is 9.11. The molecule has 0 radical (unpaired) electrons. The molecule has 186 valence electrons. The fraction of sp³-hybridized carbons (Fsp3) is 0.621. The molecule has 4 bridgehead atoms. The van der Waals surface area contributed by atoms with Crippen molar-refractivity contribution < 1.29 is 19.1 Å². The first-order valence-corrected chi connectivity index (χ1v) is 13.4. The number of H-pyrrole nitrogens is 1. The van der Waals surface area contributed by atoms with Gasteiger partial charge in [0.15, 0.2) is 5.78 Å². The highest BCUT2D eigenvalue weighted by atomic mass is 16.5. The Morgan fingerprint density at radius 3 is 2.20 bits per heavy atom.